The van der Waals surface area contributed by atoms with Gasteiger partial charge in [0.25, 0.3) is 5.91 Å². The number of carbonyl (C=O) groups is 1. The molecule has 0 atom stereocenters. The molecule has 7 nitrogen and oxygen atoms in total. The van der Waals surface area contributed by atoms with Gasteiger partial charge in [-0.15, -0.1) is 0 Å². The second kappa shape index (κ2) is 5.82. The number of imidazole rings is 1. The van der Waals surface area contributed by atoms with Crippen LogP contribution in [0.4, 0.5) is 10.2 Å². The molecule has 0 saturated carbocycles. The van der Waals surface area contributed by atoms with E-state index >= 15 is 0 Å². The monoisotopic (exact) mass is 336 g/mol. The quantitative estimate of drug-likeness (QED) is 0.624. The fourth-order valence-electron chi connectivity index (χ4n) is 2.56. The highest BCUT2D eigenvalue weighted by Gasteiger charge is 2.15. The van der Waals surface area contributed by atoms with E-state index in [9.17, 15) is 9.18 Å². The predicted molar refractivity (Wildman–Crippen MR) is 89.5 cm³/mol. The third-order valence-corrected chi connectivity index (χ3v) is 3.74. The zero-order chi connectivity index (χ0) is 17.4. The Labute approximate surface area is 141 Å². The van der Waals surface area contributed by atoms with Crippen LogP contribution in [0.25, 0.3) is 16.8 Å². The lowest BCUT2D eigenvalue weighted by Gasteiger charge is -2.08. The maximum absolute atomic E-state index is 13.0. The second-order valence-electron chi connectivity index (χ2n) is 5.52. The van der Waals surface area contributed by atoms with Crippen molar-refractivity contribution < 1.29 is 9.18 Å². The molecule has 4 heterocycles. The molecular weight excluding hydrogens is 323 g/mol. The third-order valence-electron chi connectivity index (χ3n) is 3.74. The first-order valence-corrected chi connectivity index (χ1v) is 7.49. The van der Waals surface area contributed by atoms with Crippen molar-refractivity contribution >= 4 is 17.4 Å². The van der Waals surface area contributed by atoms with Gasteiger partial charge in [-0.05, 0) is 18.2 Å². The maximum Gasteiger partial charge on any atom is 0.260 e. The summed E-state index contributed by atoms with van der Waals surface area (Å²) >= 11 is 0. The smallest absolute Gasteiger partial charge is 0.260 e. The molecule has 0 bridgehead atoms. The molecule has 1 N–H and O–H groups in total. The van der Waals surface area contributed by atoms with Crippen molar-refractivity contribution in [2.24, 2.45) is 7.05 Å². The molecule has 4 aromatic rings. The molecule has 0 saturated heterocycles. The van der Waals surface area contributed by atoms with Gasteiger partial charge in [0.1, 0.15) is 17.3 Å². The van der Waals surface area contributed by atoms with Gasteiger partial charge in [0, 0.05) is 43.0 Å². The highest BCUT2D eigenvalue weighted by molar-refractivity contribution is 6.08. The summed E-state index contributed by atoms with van der Waals surface area (Å²) in [6, 6.07) is 4.39. The molecule has 0 fully saturated rings. The van der Waals surface area contributed by atoms with Crippen molar-refractivity contribution in [3.63, 3.8) is 0 Å². The Balaban J connectivity index is 1.75. The van der Waals surface area contributed by atoms with E-state index in [2.05, 4.69) is 20.4 Å². The number of anilines is 1. The number of nitrogens with zero attached hydrogens (tertiary/aromatic N) is 5. The Bertz CT molecular complexity index is 1070. The molecule has 0 aromatic carbocycles. The SMILES string of the molecule is Cn1cc(-c2cc(C(=O)Nc3ccc(F)cn3)c3nccn3c2)cn1. The van der Waals surface area contributed by atoms with E-state index in [4.69, 9.17) is 0 Å². The van der Waals surface area contributed by atoms with Crippen LogP contribution in [0.2, 0.25) is 0 Å². The summed E-state index contributed by atoms with van der Waals surface area (Å²) in [5, 5.41) is 6.82. The molecule has 4 aromatic heterocycles. The normalized spacial score (nSPS) is 11.0. The minimum atomic E-state index is -0.466. The lowest BCUT2D eigenvalue weighted by molar-refractivity contribution is 0.102. The van der Waals surface area contributed by atoms with Crippen molar-refractivity contribution in [2.75, 3.05) is 5.32 Å². The number of amides is 1. The number of halogens is 1. The van der Waals surface area contributed by atoms with E-state index in [-0.39, 0.29) is 11.7 Å². The van der Waals surface area contributed by atoms with Crippen LogP contribution in [-0.4, -0.2) is 30.1 Å². The van der Waals surface area contributed by atoms with Gasteiger partial charge < -0.3 is 9.72 Å². The fraction of sp³-hybridized carbons (Fsp3) is 0.0588. The zero-order valence-electron chi connectivity index (χ0n) is 13.2. The minimum absolute atomic E-state index is 0.267. The first-order chi connectivity index (χ1) is 12.1. The summed E-state index contributed by atoms with van der Waals surface area (Å²) in [6.07, 6.45) is 9.90. The third kappa shape index (κ3) is 2.85. The largest absolute Gasteiger partial charge is 0.306 e. The van der Waals surface area contributed by atoms with E-state index in [1.165, 1.54) is 12.1 Å². The van der Waals surface area contributed by atoms with E-state index in [0.29, 0.717) is 11.2 Å². The van der Waals surface area contributed by atoms with Gasteiger partial charge in [-0.25, -0.2) is 14.4 Å². The highest BCUT2D eigenvalue weighted by atomic mass is 19.1. The maximum atomic E-state index is 13.0. The molecule has 0 aliphatic carbocycles. The lowest BCUT2D eigenvalue weighted by atomic mass is 10.1. The van der Waals surface area contributed by atoms with Crippen LogP contribution in [0.1, 0.15) is 10.4 Å². The Morgan fingerprint density at radius 3 is 2.76 bits per heavy atom. The van der Waals surface area contributed by atoms with Crippen LogP contribution in [0, 0.1) is 5.82 Å². The van der Waals surface area contributed by atoms with Crippen LogP contribution in [0.5, 0.6) is 0 Å². The number of pyridine rings is 2. The van der Waals surface area contributed by atoms with Crippen molar-refractivity contribution in [3.05, 3.63) is 66.8 Å². The number of rotatable bonds is 3. The van der Waals surface area contributed by atoms with Crippen molar-refractivity contribution in [1.82, 2.24) is 24.1 Å². The molecule has 8 heteroatoms. The van der Waals surface area contributed by atoms with Gasteiger partial charge in [0.15, 0.2) is 0 Å². The van der Waals surface area contributed by atoms with Gasteiger partial charge in [-0.1, -0.05) is 0 Å². The minimum Gasteiger partial charge on any atom is -0.306 e. The summed E-state index contributed by atoms with van der Waals surface area (Å²) in [5.41, 5.74) is 2.62. The van der Waals surface area contributed by atoms with Gasteiger partial charge in [-0.2, -0.15) is 5.10 Å². The van der Waals surface area contributed by atoms with Crippen LogP contribution in [0.3, 0.4) is 0 Å². The molecule has 4 rings (SSSR count). The van der Waals surface area contributed by atoms with Crippen LogP contribution < -0.4 is 5.32 Å². The van der Waals surface area contributed by atoms with Crippen molar-refractivity contribution in [2.45, 2.75) is 0 Å². The van der Waals surface area contributed by atoms with Gasteiger partial charge in [0.2, 0.25) is 0 Å². The number of hydrogen-bond acceptors (Lipinski definition) is 4. The summed E-state index contributed by atoms with van der Waals surface area (Å²) in [7, 11) is 1.83. The van der Waals surface area contributed by atoms with Crippen LogP contribution >= 0.6 is 0 Å². The summed E-state index contributed by atoms with van der Waals surface area (Å²) in [5.74, 6) is -0.573. The molecule has 0 aliphatic heterocycles. The molecule has 25 heavy (non-hydrogen) atoms. The van der Waals surface area contributed by atoms with Crippen LogP contribution in [-0.2, 0) is 7.05 Å². The van der Waals surface area contributed by atoms with Gasteiger partial charge in [0.05, 0.1) is 18.0 Å². The zero-order valence-corrected chi connectivity index (χ0v) is 13.2. The Kier molecular flexibility index (Phi) is 3.50. The average molecular weight is 336 g/mol. The number of aromatic nitrogens is 5. The molecule has 0 unspecified atom stereocenters. The summed E-state index contributed by atoms with van der Waals surface area (Å²) in [6.45, 7) is 0. The predicted octanol–water partition coefficient (Wildman–Crippen LogP) is 2.52. The number of hydrogen-bond donors (Lipinski definition) is 1. The van der Waals surface area contributed by atoms with Gasteiger partial charge in [-0.3, -0.25) is 9.48 Å². The van der Waals surface area contributed by atoms with E-state index in [1.807, 2.05) is 19.4 Å². The fourth-order valence-corrected chi connectivity index (χ4v) is 2.56. The van der Waals surface area contributed by atoms with E-state index < -0.39 is 5.82 Å². The number of aryl methyl sites for hydroxylation is 1. The number of fused-ring (bicyclic) bond motifs is 1. The Morgan fingerprint density at radius 2 is 2.04 bits per heavy atom. The number of nitrogens with one attached hydrogen (secondary N) is 1. The molecular formula is C17H13FN6O. The first-order valence-electron chi connectivity index (χ1n) is 7.49. The Hall–Kier alpha value is -3.55. The first kappa shape index (κ1) is 15.0. The van der Waals surface area contributed by atoms with E-state index in [0.717, 1.165) is 17.3 Å². The Morgan fingerprint density at radius 1 is 1.16 bits per heavy atom. The molecule has 1 amide bonds. The molecule has 0 spiro atoms. The van der Waals surface area contributed by atoms with Crippen molar-refractivity contribution in [3.8, 4) is 11.1 Å². The van der Waals surface area contributed by atoms with Gasteiger partial charge >= 0.3 is 0 Å². The molecule has 0 radical (unpaired) electrons. The standard InChI is InChI=1S/C17H13FN6O/c1-23-9-12(7-21-23)11-6-14(16-19-4-5-24(16)10-11)17(25)22-15-3-2-13(18)8-20-15/h2-10H,1H3,(H,20,22,25). The van der Waals surface area contributed by atoms with Crippen molar-refractivity contribution in [1.29, 1.82) is 0 Å². The number of carbonyl (C=O) groups excluding carboxylic acids is 1. The lowest BCUT2D eigenvalue weighted by Crippen LogP contribution is -2.14. The summed E-state index contributed by atoms with van der Waals surface area (Å²) < 4.78 is 16.4. The highest BCUT2D eigenvalue weighted by Crippen LogP contribution is 2.23. The molecule has 124 valence electrons. The average Bonchev–Trinajstić information content (AvgIpc) is 3.24. The van der Waals surface area contributed by atoms with Crippen LogP contribution in [0.15, 0.2) is 55.4 Å². The topological polar surface area (TPSA) is 77.1 Å². The van der Waals surface area contributed by atoms with E-state index in [1.54, 1.807) is 33.7 Å². The summed E-state index contributed by atoms with van der Waals surface area (Å²) in [4.78, 5) is 20.8. The second-order valence-corrected chi connectivity index (χ2v) is 5.52. The molecule has 0 aliphatic rings.